The third-order valence-electron chi connectivity index (χ3n) is 2.44. The van der Waals surface area contributed by atoms with Gasteiger partial charge in [-0.3, -0.25) is 0 Å². The number of aliphatic hydroxyl groups is 1. The van der Waals surface area contributed by atoms with Crippen LogP contribution in [0.3, 0.4) is 0 Å². The van der Waals surface area contributed by atoms with Crippen LogP contribution in [0.5, 0.6) is 5.75 Å². The fourth-order valence-corrected chi connectivity index (χ4v) is 2.21. The number of para-hydroxylation sites is 1. The summed E-state index contributed by atoms with van der Waals surface area (Å²) in [5.41, 5.74) is 0.726. The van der Waals surface area contributed by atoms with Gasteiger partial charge < -0.3 is 14.6 Å². The highest BCUT2D eigenvalue weighted by molar-refractivity contribution is 7.09. The van der Waals surface area contributed by atoms with Crippen LogP contribution in [-0.4, -0.2) is 30.4 Å². The number of ether oxygens (including phenoxy) is 2. The molecular formula is C13H15NO3S. The largest absolute Gasteiger partial charge is 0.491 e. The number of thiazole rings is 1. The molecule has 0 spiro atoms. The summed E-state index contributed by atoms with van der Waals surface area (Å²) in [6, 6.07) is 7.42. The molecule has 2 rings (SSSR count). The van der Waals surface area contributed by atoms with E-state index in [-0.39, 0.29) is 0 Å². The molecule has 0 saturated heterocycles. The SMILES string of the molecule is COCCOc1ccccc1C(O)c1nccs1. The van der Waals surface area contributed by atoms with Gasteiger partial charge in [0.25, 0.3) is 0 Å². The Labute approximate surface area is 110 Å². The first-order valence-corrected chi connectivity index (χ1v) is 6.49. The Balaban J connectivity index is 2.16. The van der Waals surface area contributed by atoms with Crippen molar-refractivity contribution < 1.29 is 14.6 Å². The summed E-state index contributed by atoms with van der Waals surface area (Å²) in [7, 11) is 1.62. The number of hydrogen-bond donors (Lipinski definition) is 1. The molecule has 1 N–H and O–H groups in total. The van der Waals surface area contributed by atoms with Crippen molar-refractivity contribution in [1.29, 1.82) is 0 Å². The lowest BCUT2D eigenvalue weighted by molar-refractivity contribution is 0.142. The number of aromatic nitrogens is 1. The zero-order chi connectivity index (χ0) is 12.8. The molecule has 0 amide bonds. The molecule has 1 aromatic heterocycles. The summed E-state index contributed by atoms with van der Waals surface area (Å²) in [5, 5.41) is 12.8. The normalized spacial score (nSPS) is 12.3. The van der Waals surface area contributed by atoms with Gasteiger partial charge in [0.15, 0.2) is 0 Å². The summed E-state index contributed by atoms with van der Waals surface area (Å²) in [4.78, 5) is 4.12. The number of rotatable bonds is 6. The molecule has 1 aromatic carbocycles. The van der Waals surface area contributed by atoms with E-state index in [2.05, 4.69) is 4.98 Å². The van der Waals surface area contributed by atoms with Crippen LogP contribution >= 0.6 is 11.3 Å². The summed E-state index contributed by atoms with van der Waals surface area (Å²) in [5.74, 6) is 0.664. The van der Waals surface area contributed by atoms with E-state index in [4.69, 9.17) is 9.47 Å². The Morgan fingerprint density at radius 1 is 1.33 bits per heavy atom. The zero-order valence-corrected chi connectivity index (χ0v) is 10.9. The zero-order valence-electron chi connectivity index (χ0n) is 10.1. The number of methoxy groups -OCH3 is 1. The van der Waals surface area contributed by atoms with E-state index < -0.39 is 6.10 Å². The molecule has 4 nitrogen and oxygen atoms in total. The molecule has 0 saturated carbocycles. The lowest BCUT2D eigenvalue weighted by atomic mass is 10.1. The van der Waals surface area contributed by atoms with Gasteiger partial charge in [-0.2, -0.15) is 0 Å². The number of nitrogens with zero attached hydrogens (tertiary/aromatic N) is 1. The topological polar surface area (TPSA) is 51.6 Å². The first-order valence-electron chi connectivity index (χ1n) is 5.61. The molecule has 18 heavy (non-hydrogen) atoms. The predicted molar refractivity (Wildman–Crippen MR) is 70.0 cm³/mol. The molecule has 1 heterocycles. The van der Waals surface area contributed by atoms with Crippen LogP contribution in [-0.2, 0) is 4.74 Å². The molecule has 5 heteroatoms. The Morgan fingerprint density at radius 3 is 2.89 bits per heavy atom. The highest BCUT2D eigenvalue weighted by Gasteiger charge is 2.17. The molecule has 0 aliphatic heterocycles. The van der Waals surface area contributed by atoms with Crippen molar-refractivity contribution in [3.05, 3.63) is 46.4 Å². The van der Waals surface area contributed by atoms with Crippen LogP contribution in [0.15, 0.2) is 35.8 Å². The molecule has 0 aliphatic carbocycles. The Kier molecular flexibility index (Phi) is 4.69. The first kappa shape index (κ1) is 13.0. The van der Waals surface area contributed by atoms with Gasteiger partial charge in [0, 0.05) is 24.3 Å². The Hall–Kier alpha value is -1.43. The van der Waals surface area contributed by atoms with Crippen molar-refractivity contribution in [2.24, 2.45) is 0 Å². The van der Waals surface area contributed by atoms with E-state index in [0.717, 1.165) is 5.56 Å². The van der Waals surface area contributed by atoms with E-state index in [1.54, 1.807) is 13.3 Å². The van der Waals surface area contributed by atoms with Crippen molar-refractivity contribution in [2.45, 2.75) is 6.10 Å². The van der Waals surface area contributed by atoms with Crippen molar-refractivity contribution in [3.63, 3.8) is 0 Å². The lowest BCUT2D eigenvalue weighted by Gasteiger charge is -2.14. The monoisotopic (exact) mass is 265 g/mol. The van der Waals surface area contributed by atoms with E-state index in [0.29, 0.717) is 24.0 Å². The minimum Gasteiger partial charge on any atom is -0.491 e. The maximum atomic E-state index is 10.3. The van der Waals surface area contributed by atoms with Crippen molar-refractivity contribution in [3.8, 4) is 5.75 Å². The van der Waals surface area contributed by atoms with Crippen LogP contribution < -0.4 is 4.74 Å². The number of benzene rings is 1. The third-order valence-corrected chi connectivity index (χ3v) is 3.27. The van der Waals surface area contributed by atoms with Crippen molar-refractivity contribution >= 4 is 11.3 Å². The van der Waals surface area contributed by atoms with E-state index in [1.807, 2.05) is 29.6 Å². The molecular weight excluding hydrogens is 250 g/mol. The van der Waals surface area contributed by atoms with Gasteiger partial charge in [-0.05, 0) is 6.07 Å². The molecule has 0 bridgehead atoms. The van der Waals surface area contributed by atoms with E-state index in [1.165, 1.54) is 11.3 Å². The highest BCUT2D eigenvalue weighted by atomic mass is 32.1. The van der Waals surface area contributed by atoms with E-state index in [9.17, 15) is 5.11 Å². The fourth-order valence-electron chi connectivity index (χ4n) is 1.58. The quantitative estimate of drug-likeness (QED) is 0.814. The second-order valence-corrected chi connectivity index (χ2v) is 4.58. The standard InChI is InChI=1S/C13H15NO3S/c1-16-7-8-17-11-5-3-2-4-10(11)12(15)13-14-6-9-18-13/h2-6,9,12,15H,7-8H2,1H3. The molecule has 1 atom stereocenters. The van der Waals surface area contributed by atoms with Gasteiger partial charge in [-0.15, -0.1) is 11.3 Å². The molecule has 0 aliphatic rings. The fraction of sp³-hybridized carbons (Fsp3) is 0.308. The number of hydrogen-bond acceptors (Lipinski definition) is 5. The van der Waals surface area contributed by atoms with Gasteiger partial charge in [0.2, 0.25) is 0 Å². The average molecular weight is 265 g/mol. The first-order chi connectivity index (χ1) is 8.83. The van der Waals surface area contributed by atoms with Crippen LogP contribution in [0.2, 0.25) is 0 Å². The van der Waals surface area contributed by atoms with Gasteiger partial charge in [-0.1, -0.05) is 18.2 Å². The summed E-state index contributed by atoms with van der Waals surface area (Å²) >= 11 is 1.42. The second-order valence-electron chi connectivity index (χ2n) is 3.65. The molecule has 96 valence electrons. The molecule has 0 radical (unpaired) electrons. The van der Waals surface area contributed by atoms with Gasteiger partial charge >= 0.3 is 0 Å². The Bertz CT molecular complexity index is 473. The third kappa shape index (κ3) is 3.07. The summed E-state index contributed by atoms with van der Waals surface area (Å²) < 4.78 is 10.5. The van der Waals surface area contributed by atoms with Crippen molar-refractivity contribution in [2.75, 3.05) is 20.3 Å². The van der Waals surface area contributed by atoms with E-state index >= 15 is 0 Å². The van der Waals surface area contributed by atoms with Gasteiger partial charge in [0.05, 0.1) is 6.61 Å². The van der Waals surface area contributed by atoms with Crippen LogP contribution in [0.1, 0.15) is 16.7 Å². The highest BCUT2D eigenvalue weighted by Crippen LogP contribution is 2.30. The maximum Gasteiger partial charge on any atom is 0.134 e. The van der Waals surface area contributed by atoms with Crippen molar-refractivity contribution in [1.82, 2.24) is 4.98 Å². The van der Waals surface area contributed by atoms with Crippen LogP contribution in [0.25, 0.3) is 0 Å². The van der Waals surface area contributed by atoms with Gasteiger partial charge in [0.1, 0.15) is 23.5 Å². The second kappa shape index (κ2) is 6.49. The smallest absolute Gasteiger partial charge is 0.134 e. The lowest BCUT2D eigenvalue weighted by Crippen LogP contribution is -2.08. The maximum absolute atomic E-state index is 10.3. The minimum atomic E-state index is -0.747. The predicted octanol–water partition coefficient (Wildman–Crippen LogP) is 2.25. The summed E-state index contributed by atoms with van der Waals surface area (Å²) in [6.45, 7) is 0.972. The van der Waals surface area contributed by atoms with Crippen LogP contribution in [0, 0.1) is 0 Å². The van der Waals surface area contributed by atoms with Crippen LogP contribution in [0.4, 0.5) is 0 Å². The average Bonchev–Trinajstić information content (AvgIpc) is 2.93. The summed E-state index contributed by atoms with van der Waals surface area (Å²) in [6.07, 6.45) is 0.932. The minimum absolute atomic E-state index is 0.456. The number of aliphatic hydroxyl groups excluding tert-OH is 1. The molecule has 0 fully saturated rings. The Morgan fingerprint density at radius 2 is 2.17 bits per heavy atom. The van der Waals surface area contributed by atoms with Gasteiger partial charge in [-0.25, -0.2) is 4.98 Å². The molecule has 2 aromatic rings. The molecule has 1 unspecified atom stereocenters.